The van der Waals surface area contributed by atoms with Crippen molar-refractivity contribution in [2.24, 2.45) is 5.92 Å². The summed E-state index contributed by atoms with van der Waals surface area (Å²) in [7, 11) is 3.09. The lowest BCUT2D eigenvalue weighted by molar-refractivity contribution is 0.0487. The number of ether oxygens (including phenoxy) is 3. The first-order valence-corrected chi connectivity index (χ1v) is 5.97. The van der Waals surface area contributed by atoms with Gasteiger partial charge < -0.3 is 14.2 Å². The minimum atomic E-state index is -0.336. The Morgan fingerprint density at radius 2 is 1.83 bits per heavy atom. The van der Waals surface area contributed by atoms with Crippen molar-refractivity contribution in [3.8, 4) is 11.5 Å². The molecule has 0 amide bonds. The van der Waals surface area contributed by atoms with Crippen LogP contribution in [0, 0.1) is 5.92 Å². The van der Waals surface area contributed by atoms with Gasteiger partial charge >= 0.3 is 5.97 Å². The van der Waals surface area contributed by atoms with Gasteiger partial charge in [-0.2, -0.15) is 0 Å². The molecule has 0 saturated carbocycles. The van der Waals surface area contributed by atoms with Gasteiger partial charge in [-0.1, -0.05) is 13.8 Å². The summed E-state index contributed by atoms with van der Waals surface area (Å²) in [6, 6.07) is 4.98. The molecule has 0 radical (unpaired) electrons. The lowest BCUT2D eigenvalue weighted by atomic mass is 10.1. The highest BCUT2D eigenvalue weighted by Gasteiger charge is 2.11. The molecule has 0 fully saturated rings. The number of benzene rings is 1. The Morgan fingerprint density at radius 3 is 2.39 bits per heavy atom. The summed E-state index contributed by atoms with van der Waals surface area (Å²) in [4.78, 5) is 11.8. The van der Waals surface area contributed by atoms with E-state index in [1.54, 1.807) is 25.3 Å². The molecule has 4 nitrogen and oxygen atoms in total. The number of hydrogen-bond acceptors (Lipinski definition) is 4. The van der Waals surface area contributed by atoms with Gasteiger partial charge in [0.15, 0.2) is 11.5 Å². The third-order valence-corrected chi connectivity index (χ3v) is 2.55. The number of carbonyl (C=O) groups is 1. The molecule has 0 N–H and O–H groups in total. The Labute approximate surface area is 108 Å². The lowest BCUT2D eigenvalue weighted by Gasteiger charge is -2.10. The zero-order valence-corrected chi connectivity index (χ0v) is 11.4. The highest BCUT2D eigenvalue weighted by Crippen LogP contribution is 2.27. The molecule has 0 aromatic heterocycles. The molecule has 0 heterocycles. The van der Waals surface area contributed by atoms with Gasteiger partial charge in [-0.3, -0.25) is 0 Å². The smallest absolute Gasteiger partial charge is 0.338 e. The first-order valence-electron chi connectivity index (χ1n) is 5.97. The van der Waals surface area contributed by atoms with Gasteiger partial charge in [-0.25, -0.2) is 4.79 Å². The molecule has 0 saturated heterocycles. The van der Waals surface area contributed by atoms with Crippen LogP contribution < -0.4 is 9.47 Å². The van der Waals surface area contributed by atoms with Gasteiger partial charge in [0.25, 0.3) is 0 Å². The highest BCUT2D eigenvalue weighted by molar-refractivity contribution is 5.90. The molecule has 4 heteroatoms. The normalized spacial score (nSPS) is 10.3. The van der Waals surface area contributed by atoms with Crippen LogP contribution in [0.5, 0.6) is 11.5 Å². The van der Waals surface area contributed by atoms with Crippen LogP contribution in [0.25, 0.3) is 0 Å². The second-order valence-electron chi connectivity index (χ2n) is 4.39. The fourth-order valence-electron chi connectivity index (χ4n) is 1.43. The van der Waals surface area contributed by atoms with Gasteiger partial charge in [0, 0.05) is 0 Å². The number of esters is 1. The number of methoxy groups -OCH3 is 2. The second-order valence-corrected chi connectivity index (χ2v) is 4.39. The van der Waals surface area contributed by atoms with Crippen molar-refractivity contribution in [3.63, 3.8) is 0 Å². The van der Waals surface area contributed by atoms with Crippen molar-refractivity contribution < 1.29 is 19.0 Å². The summed E-state index contributed by atoms with van der Waals surface area (Å²) < 4.78 is 15.4. The summed E-state index contributed by atoms with van der Waals surface area (Å²) in [5, 5.41) is 0. The average molecular weight is 252 g/mol. The number of hydrogen-bond donors (Lipinski definition) is 0. The molecule has 18 heavy (non-hydrogen) atoms. The second kappa shape index (κ2) is 6.89. The summed E-state index contributed by atoms with van der Waals surface area (Å²) in [6.45, 7) is 4.61. The van der Waals surface area contributed by atoms with E-state index in [0.717, 1.165) is 6.42 Å². The van der Waals surface area contributed by atoms with Crippen LogP contribution in [0.1, 0.15) is 30.6 Å². The van der Waals surface area contributed by atoms with Gasteiger partial charge in [0.1, 0.15) is 0 Å². The molecule has 0 aliphatic carbocycles. The highest BCUT2D eigenvalue weighted by atomic mass is 16.5. The maximum Gasteiger partial charge on any atom is 0.338 e. The largest absolute Gasteiger partial charge is 0.493 e. The summed E-state index contributed by atoms with van der Waals surface area (Å²) in [5.74, 6) is 1.30. The average Bonchev–Trinajstić information content (AvgIpc) is 2.37. The third-order valence-electron chi connectivity index (χ3n) is 2.55. The molecule has 1 aromatic rings. The first-order chi connectivity index (χ1) is 8.58. The van der Waals surface area contributed by atoms with Crippen molar-refractivity contribution in [1.29, 1.82) is 0 Å². The number of rotatable bonds is 6. The van der Waals surface area contributed by atoms with E-state index in [-0.39, 0.29) is 5.97 Å². The Hall–Kier alpha value is -1.71. The zero-order chi connectivity index (χ0) is 13.5. The van der Waals surface area contributed by atoms with Crippen LogP contribution in [-0.4, -0.2) is 26.8 Å². The minimum Gasteiger partial charge on any atom is -0.493 e. The predicted molar refractivity (Wildman–Crippen MR) is 69.3 cm³/mol. The fraction of sp³-hybridized carbons (Fsp3) is 0.500. The molecule has 1 aromatic carbocycles. The molecule has 0 unspecified atom stereocenters. The van der Waals surface area contributed by atoms with Crippen molar-refractivity contribution in [2.75, 3.05) is 20.8 Å². The topological polar surface area (TPSA) is 44.8 Å². The Morgan fingerprint density at radius 1 is 1.17 bits per heavy atom. The van der Waals surface area contributed by atoms with Crippen LogP contribution in [-0.2, 0) is 4.74 Å². The molecule has 0 aliphatic heterocycles. The Kier molecular flexibility index (Phi) is 5.49. The van der Waals surface area contributed by atoms with Crippen molar-refractivity contribution in [1.82, 2.24) is 0 Å². The molecule has 100 valence electrons. The maximum atomic E-state index is 11.8. The van der Waals surface area contributed by atoms with Crippen molar-refractivity contribution in [2.45, 2.75) is 20.3 Å². The van der Waals surface area contributed by atoms with Crippen LogP contribution in [0.2, 0.25) is 0 Å². The van der Waals surface area contributed by atoms with Crippen molar-refractivity contribution in [3.05, 3.63) is 23.8 Å². The summed E-state index contributed by atoms with van der Waals surface area (Å²) in [5.41, 5.74) is 0.469. The standard InChI is InChI=1S/C14H20O4/c1-10(2)7-8-18-14(15)11-5-6-12(16-3)13(9-11)17-4/h5-6,9-10H,7-8H2,1-4H3. The van der Waals surface area contributed by atoms with E-state index in [9.17, 15) is 4.79 Å². The van der Waals surface area contributed by atoms with E-state index in [1.807, 2.05) is 0 Å². The molecule has 0 spiro atoms. The van der Waals surface area contributed by atoms with Gasteiger partial charge in [-0.15, -0.1) is 0 Å². The molecular weight excluding hydrogens is 232 g/mol. The number of carbonyl (C=O) groups excluding carboxylic acids is 1. The summed E-state index contributed by atoms with van der Waals surface area (Å²) >= 11 is 0. The van der Waals surface area contributed by atoms with Crippen LogP contribution >= 0.6 is 0 Å². The molecular formula is C14H20O4. The molecule has 0 atom stereocenters. The SMILES string of the molecule is COc1ccc(C(=O)OCCC(C)C)cc1OC. The van der Waals surface area contributed by atoms with E-state index >= 15 is 0 Å². The summed E-state index contributed by atoms with van der Waals surface area (Å²) in [6.07, 6.45) is 0.860. The molecule has 0 bridgehead atoms. The first kappa shape index (κ1) is 14.4. The lowest BCUT2D eigenvalue weighted by Crippen LogP contribution is -2.08. The van der Waals surface area contributed by atoms with Crippen LogP contribution in [0.4, 0.5) is 0 Å². The fourth-order valence-corrected chi connectivity index (χ4v) is 1.43. The van der Waals surface area contributed by atoms with E-state index < -0.39 is 0 Å². The monoisotopic (exact) mass is 252 g/mol. The van der Waals surface area contributed by atoms with E-state index in [2.05, 4.69) is 13.8 Å². The third kappa shape index (κ3) is 3.95. The van der Waals surface area contributed by atoms with Gasteiger partial charge in [0.05, 0.1) is 26.4 Å². The van der Waals surface area contributed by atoms with Crippen molar-refractivity contribution >= 4 is 5.97 Å². The van der Waals surface area contributed by atoms with E-state index in [1.165, 1.54) is 7.11 Å². The minimum absolute atomic E-state index is 0.336. The molecule has 0 aliphatic rings. The quantitative estimate of drug-likeness (QED) is 0.730. The van der Waals surface area contributed by atoms with Gasteiger partial charge in [-0.05, 0) is 30.5 Å². The maximum absolute atomic E-state index is 11.8. The van der Waals surface area contributed by atoms with Gasteiger partial charge in [0.2, 0.25) is 0 Å². The predicted octanol–water partition coefficient (Wildman–Crippen LogP) is 2.91. The van der Waals surface area contributed by atoms with E-state index in [0.29, 0.717) is 29.6 Å². The molecule has 1 rings (SSSR count). The van der Waals surface area contributed by atoms with Crippen LogP contribution in [0.3, 0.4) is 0 Å². The Balaban J connectivity index is 2.68. The van der Waals surface area contributed by atoms with E-state index in [4.69, 9.17) is 14.2 Å². The Bertz CT molecular complexity index is 399. The zero-order valence-electron chi connectivity index (χ0n) is 11.4. The van der Waals surface area contributed by atoms with Crippen LogP contribution in [0.15, 0.2) is 18.2 Å².